The molecule has 0 aliphatic heterocycles. The van der Waals surface area contributed by atoms with Gasteiger partial charge in [-0.05, 0) is 207 Å². The summed E-state index contributed by atoms with van der Waals surface area (Å²) in [5, 5.41) is 16.2. The predicted molar refractivity (Wildman–Crippen MR) is 540 cm³/mol. The van der Waals surface area contributed by atoms with E-state index in [0.29, 0.717) is 0 Å². The zero-order valence-corrected chi connectivity index (χ0v) is 72.5. The van der Waals surface area contributed by atoms with Crippen molar-refractivity contribution < 1.29 is 0 Å². The van der Waals surface area contributed by atoms with Gasteiger partial charge in [-0.1, -0.05) is 443 Å². The van der Waals surface area contributed by atoms with Crippen LogP contribution in [0.15, 0.2) is 497 Å². The maximum Gasteiger partial charge on any atom is 0.179 e. The molecule has 600 valence electrons. The average Bonchev–Trinajstić information content (AvgIpc) is 1.39. The number of nitrogens with zero attached hydrogens (tertiary/aromatic N) is 2. The van der Waals surface area contributed by atoms with Gasteiger partial charge < -0.3 is 9.13 Å². The van der Waals surface area contributed by atoms with Gasteiger partial charge in [-0.25, -0.2) is 0 Å². The van der Waals surface area contributed by atoms with Crippen LogP contribution < -0.4 is 41.5 Å². The third kappa shape index (κ3) is 11.7. The van der Waals surface area contributed by atoms with E-state index in [1.54, 1.807) is 0 Å². The number of hydrogen-bond donors (Lipinski definition) is 0. The molecule has 6 aliphatic carbocycles. The zero-order valence-electron chi connectivity index (χ0n) is 70.5. The van der Waals surface area contributed by atoms with E-state index in [-0.39, 0.29) is 23.7 Å². The Morgan fingerprint density at radius 2 is 0.398 bits per heavy atom. The van der Waals surface area contributed by atoms with Crippen molar-refractivity contribution in [3.8, 4) is 55.9 Å². The van der Waals surface area contributed by atoms with Crippen molar-refractivity contribution >= 4 is 101 Å². The molecule has 0 amide bonds. The van der Waals surface area contributed by atoms with Crippen LogP contribution in [0.3, 0.4) is 0 Å². The fourth-order valence-electron chi connectivity index (χ4n) is 23.4. The van der Waals surface area contributed by atoms with Crippen molar-refractivity contribution in [1.82, 2.24) is 9.13 Å². The highest BCUT2D eigenvalue weighted by Crippen LogP contribution is 2.60. The molecule has 6 aliphatic rings. The smallest absolute Gasteiger partial charge is 0.179 e. The second-order valence-electron chi connectivity index (χ2n) is 35.0. The Morgan fingerprint density at radius 3 is 0.742 bits per heavy atom. The fraction of sp³-hybridized carbons (Fsp3) is 0.0323. The summed E-state index contributed by atoms with van der Waals surface area (Å²) in [7, 11) is -6.07. The summed E-state index contributed by atoms with van der Waals surface area (Å²) in [5.41, 5.74) is 34.5. The molecular formula is C124H86N2Si2. The number of benzene rings is 20. The molecule has 2 aromatic heterocycles. The van der Waals surface area contributed by atoms with E-state index < -0.39 is 16.1 Å². The second-order valence-corrected chi connectivity index (χ2v) is 42.6. The molecule has 0 atom stereocenters. The standard InChI is InChI=1S/2C62H43NSi/c1-5-20-42(21-6-1)44-38-45(43-22-7-2-8-23-43)40-50(39-44)64(47-25-9-3-10-26-47,48-27-11-4-12-28-48)49-29-19-24-46(41-49)63-57-35-18-17-34-55(57)61-58(63)37-36-56-59-51-30-13-15-32-53(51)60(62(56)61)54-33-16-14-31-52(54)59;1-4-19-42(20-5-1)44-23-16-28-48(39-44)64(47-26-8-3-9-27-47,49-29-17-24-45(40-49)43-21-6-2-7-22-43)50-30-18-25-46(41-50)63-57-36-15-14-35-55(57)61-58(63)38-37-56-59-51-31-10-12-33-53(51)60(62(56)61)54-34-13-11-32-52(54)59/h2*1-41,59-60H. The Kier molecular flexibility index (Phi) is 18.0. The van der Waals surface area contributed by atoms with Gasteiger partial charge in [0.1, 0.15) is 0 Å². The molecule has 0 saturated carbocycles. The lowest BCUT2D eigenvalue weighted by atomic mass is 9.60. The fourth-order valence-corrected chi connectivity index (χ4v) is 33.1. The zero-order chi connectivity index (χ0) is 84.4. The molecule has 22 aromatic rings. The average molecular weight is 1660 g/mol. The van der Waals surface area contributed by atoms with Gasteiger partial charge in [0, 0.05) is 56.6 Å². The summed E-state index contributed by atoms with van der Waals surface area (Å²) in [4.78, 5) is 0. The summed E-state index contributed by atoms with van der Waals surface area (Å²) in [6, 6.07) is 188. The molecule has 0 fully saturated rings. The number of rotatable bonds is 14. The number of aromatic nitrogens is 2. The molecule has 20 aromatic carbocycles. The highest BCUT2D eigenvalue weighted by molar-refractivity contribution is 7.20. The van der Waals surface area contributed by atoms with Crippen molar-refractivity contribution in [2.75, 3.05) is 0 Å². The lowest BCUT2D eigenvalue weighted by molar-refractivity contribution is 0.761. The van der Waals surface area contributed by atoms with Crippen LogP contribution in [0.1, 0.15) is 90.4 Å². The minimum atomic E-state index is -3.03. The largest absolute Gasteiger partial charge is 0.309 e. The summed E-state index contributed by atoms with van der Waals surface area (Å²) >= 11 is 0. The SMILES string of the molecule is c1ccc(-c2cc(-c3ccccc3)cc([Si](c3ccccc3)(c3ccccc3)c3cccc(-n4c5ccccc5c5c6c(ccc54)C4c5ccccc5C6c5ccccc54)c3)c2)cc1.c1ccc(-c2cccc([Si](c3ccccc3)(c3cccc(-c4ccccc4)c3)c3cccc(-n4c5ccccc5c5c6c(ccc54)C4c5ccccc5C6c5ccccc54)c3)c2)cc1. The Labute approximate surface area is 748 Å². The van der Waals surface area contributed by atoms with Crippen molar-refractivity contribution in [3.63, 3.8) is 0 Å². The quantitative estimate of drug-likeness (QED) is 0.0759. The molecule has 4 heteroatoms. The first-order valence-corrected chi connectivity index (χ1v) is 49.0. The van der Waals surface area contributed by atoms with E-state index in [1.165, 1.54) is 208 Å². The van der Waals surface area contributed by atoms with Crippen molar-refractivity contribution in [1.29, 1.82) is 0 Å². The molecule has 0 unspecified atom stereocenters. The van der Waals surface area contributed by atoms with E-state index in [2.05, 4.69) is 507 Å². The van der Waals surface area contributed by atoms with E-state index in [9.17, 15) is 0 Å². The third-order valence-electron chi connectivity index (χ3n) is 28.6. The van der Waals surface area contributed by atoms with Crippen LogP contribution in [0.4, 0.5) is 0 Å². The lowest BCUT2D eigenvalue weighted by Crippen LogP contribution is -2.74. The predicted octanol–water partition coefficient (Wildman–Crippen LogP) is 25.0. The first-order valence-electron chi connectivity index (χ1n) is 45.0. The Balaban J connectivity index is 0.000000139. The van der Waals surface area contributed by atoms with E-state index in [0.717, 1.165) is 0 Å². The third-order valence-corrected chi connectivity index (χ3v) is 38.0. The highest BCUT2D eigenvalue weighted by Gasteiger charge is 2.48. The number of para-hydroxylation sites is 2. The van der Waals surface area contributed by atoms with Gasteiger partial charge in [0.2, 0.25) is 0 Å². The second kappa shape index (κ2) is 30.7. The Bertz CT molecular complexity index is 7480. The molecule has 28 rings (SSSR count). The van der Waals surface area contributed by atoms with E-state index >= 15 is 0 Å². The number of hydrogen-bond acceptors (Lipinski definition) is 0. The first kappa shape index (κ1) is 75.0. The highest BCUT2D eigenvalue weighted by atomic mass is 28.3. The van der Waals surface area contributed by atoms with Crippen LogP contribution in [-0.2, 0) is 0 Å². The molecule has 0 radical (unpaired) electrons. The van der Waals surface area contributed by atoms with Crippen molar-refractivity contribution in [3.05, 3.63) is 564 Å². The van der Waals surface area contributed by atoms with Crippen LogP contribution in [0.25, 0.3) is 99.5 Å². The topological polar surface area (TPSA) is 9.86 Å². The van der Waals surface area contributed by atoms with Gasteiger partial charge in [0.25, 0.3) is 0 Å². The minimum absolute atomic E-state index is 0.175. The summed E-state index contributed by atoms with van der Waals surface area (Å²) < 4.78 is 5.11. The molecule has 4 bridgehead atoms. The van der Waals surface area contributed by atoms with Gasteiger partial charge in [-0.3, -0.25) is 0 Å². The number of fused-ring (bicyclic) bond motifs is 6. The van der Waals surface area contributed by atoms with Gasteiger partial charge in [0.15, 0.2) is 16.1 Å². The Hall–Kier alpha value is -15.6. The molecule has 2 heterocycles. The van der Waals surface area contributed by atoms with Crippen LogP contribution >= 0.6 is 0 Å². The molecule has 0 saturated heterocycles. The van der Waals surface area contributed by atoms with Gasteiger partial charge >= 0.3 is 0 Å². The Morgan fingerprint density at radius 1 is 0.148 bits per heavy atom. The van der Waals surface area contributed by atoms with Crippen molar-refractivity contribution in [2.45, 2.75) is 23.7 Å². The van der Waals surface area contributed by atoms with E-state index in [1.807, 2.05) is 0 Å². The van der Waals surface area contributed by atoms with Crippen LogP contribution in [-0.4, -0.2) is 25.3 Å². The molecular weight excluding hydrogens is 1570 g/mol. The van der Waals surface area contributed by atoms with Crippen LogP contribution in [0.5, 0.6) is 0 Å². The maximum atomic E-state index is 2.56. The molecule has 2 nitrogen and oxygen atoms in total. The normalized spacial score (nSPS) is 14.9. The van der Waals surface area contributed by atoms with E-state index in [4.69, 9.17) is 0 Å². The first-order chi connectivity index (χ1) is 63.5. The van der Waals surface area contributed by atoms with Crippen LogP contribution in [0, 0.1) is 0 Å². The van der Waals surface area contributed by atoms with Crippen LogP contribution in [0.2, 0.25) is 0 Å². The maximum absolute atomic E-state index is 3.03. The summed E-state index contributed by atoms with van der Waals surface area (Å²) in [6.45, 7) is 0. The summed E-state index contributed by atoms with van der Waals surface area (Å²) in [5.74, 6) is 0.790. The van der Waals surface area contributed by atoms with Gasteiger partial charge in [0.05, 0.1) is 22.1 Å². The lowest BCUT2D eigenvalue weighted by Gasteiger charge is -2.42. The van der Waals surface area contributed by atoms with Gasteiger partial charge in [-0.2, -0.15) is 0 Å². The molecule has 0 spiro atoms. The summed E-state index contributed by atoms with van der Waals surface area (Å²) in [6.07, 6.45) is 0. The minimum Gasteiger partial charge on any atom is -0.309 e. The molecule has 128 heavy (non-hydrogen) atoms. The monoisotopic (exact) mass is 1660 g/mol. The molecule has 0 N–H and O–H groups in total. The van der Waals surface area contributed by atoms with Crippen molar-refractivity contribution in [2.24, 2.45) is 0 Å². The van der Waals surface area contributed by atoms with Gasteiger partial charge in [-0.15, -0.1) is 0 Å².